The maximum atomic E-state index is 13.1. The van der Waals surface area contributed by atoms with Crippen molar-refractivity contribution in [1.29, 1.82) is 5.26 Å². The third-order valence-electron chi connectivity index (χ3n) is 6.21. The molecule has 1 aliphatic heterocycles. The van der Waals surface area contributed by atoms with Crippen LogP contribution in [0.15, 0.2) is 43.1 Å². The van der Waals surface area contributed by atoms with E-state index in [0.29, 0.717) is 53.4 Å². The summed E-state index contributed by atoms with van der Waals surface area (Å²) in [6.07, 6.45) is 8.28. The summed E-state index contributed by atoms with van der Waals surface area (Å²) in [5, 5.41) is 28.2. The van der Waals surface area contributed by atoms with Crippen LogP contribution >= 0.6 is 0 Å². The Kier molecular flexibility index (Phi) is 5.67. The molecule has 36 heavy (non-hydrogen) atoms. The minimum absolute atomic E-state index is 0.0726. The molecule has 1 saturated carbocycles. The SMILES string of the molecule is N#Cc1cnc2c(NC3CC3)cc(Nc3cc(C(=O)NC4CCOCC4)cc(-n4cncn4)c3)nn12. The Bertz CT molecular complexity index is 1450. The Morgan fingerprint density at radius 1 is 1.11 bits per heavy atom. The lowest BCUT2D eigenvalue weighted by Crippen LogP contribution is -2.38. The standard InChI is InChI=1S/C24H24N10O2/c25-11-20-12-27-23-21(29-16-1-2-16)10-22(32-34(20)23)30-18-7-15(8-19(9-18)33-14-26-13-28-33)24(35)31-17-3-5-36-6-4-17/h7-10,12-14,16-17,29H,1-6H2,(H,30,32)(H,31,35). The van der Waals surface area contributed by atoms with Crippen molar-refractivity contribution in [1.82, 2.24) is 34.7 Å². The fourth-order valence-electron chi connectivity index (χ4n) is 4.21. The summed E-state index contributed by atoms with van der Waals surface area (Å²) in [4.78, 5) is 21.5. The normalized spacial score (nSPS) is 16.0. The van der Waals surface area contributed by atoms with Crippen molar-refractivity contribution < 1.29 is 9.53 Å². The Labute approximate surface area is 206 Å². The lowest BCUT2D eigenvalue weighted by Gasteiger charge is -2.23. The Morgan fingerprint density at radius 3 is 2.72 bits per heavy atom. The number of amides is 1. The third-order valence-corrected chi connectivity index (χ3v) is 6.21. The van der Waals surface area contributed by atoms with Crippen LogP contribution in [-0.4, -0.2) is 60.6 Å². The number of ether oxygens (including phenoxy) is 1. The molecule has 2 aliphatic rings. The molecule has 4 aromatic rings. The van der Waals surface area contributed by atoms with Crippen molar-refractivity contribution in [2.24, 2.45) is 0 Å². The molecular weight excluding hydrogens is 460 g/mol. The van der Waals surface area contributed by atoms with Gasteiger partial charge in [-0.2, -0.15) is 14.9 Å². The Hall–Kier alpha value is -4.50. The lowest BCUT2D eigenvalue weighted by atomic mass is 10.1. The Balaban J connectivity index is 1.35. The molecule has 0 radical (unpaired) electrons. The highest BCUT2D eigenvalue weighted by Crippen LogP contribution is 2.30. The number of hydrogen-bond acceptors (Lipinski definition) is 9. The summed E-state index contributed by atoms with van der Waals surface area (Å²) < 4.78 is 8.52. The minimum Gasteiger partial charge on any atom is -0.381 e. The zero-order valence-corrected chi connectivity index (χ0v) is 19.4. The number of benzene rings is 1. The van der Waals surface area contributed by atoms with Gasteiger partial charge in [-0.1, -0.05) is 0 Å². The quantitative estimate of drug-likeness (QED) is 0.360. The molecular formula is C24H24N10O2. The molecule has 0 unspecified atom stereocenters. The van der Waals surface area contributed by atoms with Crippen LogP contribution in [0.4, 0.5) is 17.2 Å². The number of carbonyl (C=O) groups excluding carboxylic acids is 1. The number of carbonyl (C=O) groups is 1. The summed E-state index contributed by atoms with van der Waals surface area (Å²) in [6.45, 7) is 1.28. The predicted octanol–water partition coefficient (Wildman–Crippen LogP) is 2.41. The van der Waals surface area contributed by atoms with Gasteiger partial charge in [-0.3, -0.25) is 4.79 Å². The molecule has 12 heteroatoms. The second-order valence-corrected chi connectivity index (χ2v) is 8.95. The van der Waals surface area contributed by atoms with E-state index < -0.39 is 0 Å². The van der Waals surface area contributed by atoms with Gasteiger partial charge in [-0.15, -0.1) is 5.10 Å². The monoisotopic (exact) mass is 484 g/mol. The number of imidazole rings is 1. The van der Waals surface area contributed by atoms with Crippen LogP contribution in [0.25, 0.3) is 11.3 Å². The molecule has 0 spiro atoms. The van der Waals surface area contributed by atoms with E-state index in [1.807, 2.05) is 12.1 Å². The van der Waals surface area contributed by atoms with Crippen LogP contribution in [0.1, 0.15) is 41.7 Å². The largest absolute Gasteiger partial charge is 0.381 e. The molecule has 4 heterocycles. The molecule has 1 saturated heterocycles. The maximum Gasteiger partial charge on any atom is 0.251 e. The van der Waals surface area contributed by atoms with E-state index in [1.54, 1.807) is 23.1 Å². The first-order chi connectivity index (χ1) is 17.7. The molecule has 12 nitrogen and oxygen atoms in total. The van der Waals surface area contributed by atoms with E-state index in [-0.39, 0.29) is 11.9 Å². The van der Waals surface area contributed by atoms with E-state index in [0.717, 1.165) is 31.4 Å². The summed E-state index contributed by atoms with van der Waals surface area (Å²) in [7, 11) is 0. The maximum absolute atomic E-state index is 13.1. The predicted molar refractivity (Wildman–Crippen MR) is 130 cm³/mol. The highest BCUT2D eigenvalue weighted by Gasteiger charge is 2.23. The topological polar surface area (TPSA) is 147 Å². The first-order valence-electron chi connectivity index (χ1n) is 11.9. The van der Waals surface area contributed by atoms with Gasteiger partial charge in [0, 0.05) is 42.6 Å². The minimum atomic E-state index is -0.173. The van der Waals surface area contributed by atoms with E-state index >= 15 is 0 Å². The zero-order valence-electron chi connectivity index (χ0n) is 19.4. The number of anilines is 3. The average Bonchev–Trinajstić information content (AvgIpc) is 3.36. The van der Waals surface area contributed by atoms with Gasteiger partial charge in [-0.05, 0) is 43.9 Å². The van der Waals surface area contributed by atoms with Crippen LogP contribution in [-0.2, 0) is 4.74 Å². The molecule has 1 aliphatic carbocycles. The summed E-state index contributed by atoms with van der Waals surface area (Å²) in [6, 6.07) is 9.86. The van der Waals surface area contributed by atoms with Gasteiger partial charge in [0.15, 0.2) is 17.2 Å². The number of nitrogens with one attached hydrogen (secondary N) is 3. The van der Waals surface area contributed by atoms with Gasteiger partial charge in [0.2, 0.25) is 0 Å². The molecule has 2 fully saturated rings. The molecule has 0 bridgehead atoms. The molecule has 182 valence electrons. The van der Waals surface area contributed by atoms with Crippen LogP contribution in [0.2, 0.25) is 0 Å². The summed E-state index contributed by atoms with van der Waals surface area (Å²) >= 11 is 0. The number of nitrogens with zero attached hydrogens (tertiary/aromatic N) is 7. The van der Waals surface area contributed by atoms with Gasteiger partial charge in [0.1, 0.15) is 18.7 Å². The van der Waals surface area contributed by atoms with Crippen molar-refractivity contribution in [2.75, 3.05) is 23.8 Å². The van der Waals surface area contributed by atoms with Crippen LogP contribution in [0.5, 0.6) is 0 Å². The highest BCUT2D eigenvalue weighted by atomic mass is 16.5. The second kappa shape index (κ2) is 9.27. The molecule has 3 N–H and O–H groups in total. The van der Waals surface area contributed by atoms with Crippen LogP contribution < -0.4 is 16.0 Å². The van der Waals surface area contributed by atoms with Crippen molar-refractivity contribution in [3.63, 3.8) is 0 Å². The van der Waals surface area contributed by atoms with Crippen molar-refractivity contribution >= 4 is 28.7 Å². The molecule has 1 amide bonds. The average molecular weight is 485 g/mol. The fourth-order valence-corrected chi connectivity index (χ4v) is 4.21. The van der Waals surface area contributed by atoms with Gasteiger partial charge in [0.25, 0.3) is 5.91 Å². The first-order valence-corrected chi connectivity index (χ1v) is 11.9. The van der Waals surface area contributed by atoms with Gasteiger partial charge < -0.3 is 20.7 Å². The highest BCUT2D eigenvalue weighted by molar-refractivity contribution is 5.96. The lowest BCUT2D eigenvalue weighted by molar-refractivity contribution is 0.0696. The first kappa shape index (κ1) is 22.0. The number of nitriles is 1. The second-order valence-electron chi connectivity index (χ2n) is 8.95. The number of fused-ring (bicyclic) bond motifs is 1. The van der Waals surface area contributed by atoms with Gasteiger partial charge in [-0.25, -0.2) is 14.6 Å². The molecule has 1 aromatic carbocycles. The Morgan fingerprint density at radius 2 is 1.97 bits per heavy atom. The zero-order chi connectivity index (χ0) is 24.5. The summed E-state index contributed by atoms with van der Waals surface area (Å²) in [5.74, 6) is 0.333. The number of hydrogen-bond donors (Lipinski definition) is 3. The summed E-state index contributed by atoms with van der Waals surface area (Å²) in [5.41, 5.74) is 3.52. The van der Waals surface area contributed by atoms with E-state index in [2.05, 4.69) is 42.2 Å². The van der Waals surface area contributed by atoms with Crippen molar-refractivity contribution in [2.45, 2.75) is 37.8 Å². The van der Waals surface area contributed by atoms with E-state index in [9.17, 15) is 10.1 Å². The van der Waals surface area contributed by atoms with Crippen molar-refractivity contribution in [3.8, 4) is 11.8 Å². The van der Waals surface area contributed by atoms with Crippen LogP contribution in [0, 0.1) is 11.3 Å². The smallest absolute Gasteiger partial charge is 0.251 e. The molecule has 3 aromatic heterocycles. The van der Waals surface area contributed by atoms with Crippen LogP contribution in [0.3, 0.4) is 0 Å². The number of rotatable bonds is 7. The van der Waals surface area contributed by atoms with E-state index in [4.69, 9.17) is 4.74 Å². The molecule has 6 rings (SSSR count). The number of aromatic nitrogens is 6. The molecule has 0 atom stereocenters. The third kappa shape index (κ3) is 4.56. The van der Waals surface area contributed by atoms with Gasteiger partial charge in [0.05, 0.1) is 17.6 Å². The van der Waals surface area contributed by atoms with Gasteiger partial charge >= 0.3 is 0 Å². The fraction of sp³-hybridized carbons (Fsp3) is 0.333. The van der Waals surface area contributed by atoms with Crippen molar-refractivity contribution in [3.05, 3.63) is 54.4 Å². The van der Waals surface area contributed by atoms with E-state index in [1.165, 1.54) is 17.0 Å².